The van der Waals surface area contributed by atoms with Crippen molar-refractivity contribution < 1.29 is 14.4 Å². The topological polar surface area (TPSA) is 87.3 Å². The smallest absolute Gasteiger partial charge is 0.251 e. The second-order valence-corrected chi connectivity index (χ2v) is 8.36. The minimum absolute atomic E-state index is 0.0748. The molecule has 0 aliphatic rings. The molecular weight excluding hydrogens is 422 g/mol. The van der Waals surface area contributed by atoms with Gasteiger partial charge in [-0.05, 0) is 48.1 Å². The molecule has 0 aliphatic carbocycles. The zero-order valence-electron chi connectivity index (χ0n) is 17.8. The van der Waals surface area contributed by atoms with Crippen LogP contribution >= 0.6 is 11.3 Å². The van der Waals surface area contributed by atoms with E-state index < -0.39 is 0 Å². The minimum atomic E-state index is -0.283. The van der Waals surface area contributed by atoms with Gasteiger partial charge in [0.1, 0.15) is 0 Å². The molecule has 0 spiro atoms. The van der Waals surface area contributed by atoms with Gasteiger partial charge in [-0.15, -0.1) is 11.3 Å². The van der Waals surface area contributed by atoms with Crippen LogP contribution < -0.4 is 16.0 Å². The van der Waals surface area contributed by atoms with E-state index in [1.807, 2.05) is 41.8 Å². The van der Waals surface area contributed by atoms with Crippen LogP contribution in [0.5, 0.6) is 0 Å². The van der Waals surface area contributed by atoms with E-state index in [9.17, 15) is 14.4 Å². The summed E-state index contributed by atoms with van der Waals surface area (Å²) in [6.45, 7) is 0.696. The number of carbonyl (C=O) groups excluding carboxylic acids is 3. The molecule has 166 valence electrons. The second kappa shape index (κ2) is 12.4. The molecule has 0 atom stereocenters. The Kier molecular flexibility index (Phi) is 9.01. The molecule has 0 saturated heterocycles. The highest BCUT2D eigenvalue weighted by molar-refractivity contribution is 7.09. The fourth-order valence-electron chi connectivity index (χ4n) is 3.12. The number of carbonyl (C=O) groups is 3. The maximum Gasteiger partial charge on any atom is 0.251 e. The van der Waals surface area contributed by atoms with Gasteiger partial charge in [-0.1, -0.05) is 42.5 Å². The second-order valence-electron chi connectivity index (χ2n) is 7.33. The zero-order chi connectivity index (χ0) is 22.6. The van der Waals surface area contributed by atoms with Crippen molar-refractivity contribution in [3.05, 3.63) is 88.1 Å². The van der Waals surface area contributed by atoms with Crippen LogP contribution in [0.4, 0.5) is 5.69 Å². The first-order valence-corrected chi connectivity index (χ1v) is 11.5. The lowest BCUT2D eigenvalue weighted by molar-refractivity contribution is -0.121. The standard InChI is InChI=1S/C25H27N3O3S/c29-23(27-18-19-7-2-1-3-8-19)14-15-26-25(31)20-9-4-10-21(17-20)28-24(30)13-5-11-22-12-6-16-32-22/h1-4,6-10,12,16-17H,5,11,13-15,18H2,(H,26,31)(H,27,29)(H,28,30). The van der Waals surface area contributed by atoms with Gasteiger partial charge in [0, 0.05) is 42.1 Å². The van der Waals surface area contributed by atoms with Crippen molar-refractivity contribution in [3.63, 3.8) is 0 Å². The Balaban J connectivity index is 1.37. The Morgan fingerprint density at radius 2 is 1.66 bits per heavy atom. The van der Waals surface area contributed by atoms with E-state index in [-0.39, 0.29) is 30.7 Å². The van der Waals surface area contributed by atoms with Gasteiger partial charge < -0.3 is 16.0 Å². The van der Waals surface area contributed by atoms with Crippen molar-refractivity contribution in [2.75, 3.05) is 11.9 Å². The highest BCUT2D eigenvalue weighted by Crippen LogP contribution is 2.14. The average Bonchev–Trinajstić information content (AvgIpc) is 3.32. The summed E-state index contributed by atoms with van der Waals surface area (Å²) in [5.74, 6) is -0.485. The van der Waals surface area contributed by atoms with Gasteiger partial charge in [0.05, 0.1) is 0 Å². The highest BCUT2D eigenvalue weighted by atomic mass is 32.1. The Bertz CT molecular complexity index is 1020. The van der Waals surface area contributed by atoms with Crippen molar-refractivity contribution in [1.29, 1.82) is 0 Å². The summed E-state index contributed by atoms with van der Waals surface area (Å²) in [6.07, 6.45) is 2.27. The lowest BCUT2D eigenvalue weighted by Gasteiger charge is -2.09. The van der Waals surface area contributed by atoms with Gasteiger partial charge in [-0.25, -0.2) is 0 Å². The predicted molar refractivity (Wildman–Crippen MR) is 128 cm³/mol. The van der Waals surface area contributed by atoms with Crippen LogP contribution in [0.1, 0.15) is 40.1 Å². The summed E-state index contributed by atoms with van der Waals surface area (Å²) in [7, 11) is 0. The van der Waals surface area contributed by atoms with E-state index in [4.69, 9.17) is 0 Å². The lowest BCUT2D eigenvalue weighted by atomic mass is 10.1. The molecule has 2 aromatic carbocycles. The van der Waals surface area contributed by atoms with E-state index in [2.05, 4.69) is 22.0 Å². The Morgan fingerprint density at radius 3 is 2.44 bits per heavy atom. The number of amides is 3. The molecule has 6 nitrogen and oxygen atoms in total. The Morgan fingerprint density at radius 1 is 0.812 bits per heavy atom. The quantitative estimate of drug-likeness (QED) is 0.411. The molecule has 3 amide bonds. The van der Waals surface area contributed by atoms with Crippen molar-refractivity contribution in [1.82, 2.24) is 10.6 Å². The first-order chi connectivity index (χ1) is 15.6. The summed E-state index contributed by atoms with van der Waals surface area (Å²) in [6, 6.07) is 20.5. The molecule has 32 heavy (non-hydrogen) atoms. The van der Waals surface area contributed by atoms with Crippen LogP contribution in [0.2, 0.25) is 0 Å². The Hall–Kier alpha value is -3.45. The number of aryl methyl sites for hydroxylation is 1. The minimum Gasteiger partial charge on any atom is -0.352 e. The molecule has 0 fully saturated rings. The van der Waals surface area contributed by atoms with Crippen LogP contribution in [0.25, 0.3) is 0 Å². The normalized spacial score (nSPS) is 10.4. The van der Waals surface area contributed by atoms with Crippen molar-refractivity contribution in [2.24, 2.45) is 0 Å². The third kappa shape index (κ3) is 8.00. The number of thiophene rings is 1. The third-order valence-electron chi connectivity index (χ3n) is 4.79. The molecule has 0 saturated carbocycles. The third-order valence-corrected chi connectivity index (χ3v) is 5.72. The first-order valence-electron chi connectivity index (χ1n) is 10.6. The van der Waals surface area contributed by atoms with Gasteiger partial charge in [0.2, 0.25) is 11.8 Å². The predicted octanol–water partition coefficient (Wildman–Crippen LogP) is 4.15. The number of benzene rings is 2. The molecule has 3 N–H and O–H groups in total. The molecule has 0 unspecified atom stereocenters. The highest BCUT2D eigenvalue weighted by Gasteiger charge is 2.09. The van der Waals surface area contributed by atoms with Crippen LogP contribution in [0.3, 0.4) is 0 Å². The number of nitrogens with one attached hydrogen (secondary N) is 3. The molecule has 0 radical (unpaired) electrons. The van der Waals surface area contributed by atoms with Crippen molar-refractivity contribution in [3.8, 4) is 0 Å². The molecular formula is C25H27N3O3S. The van der Waals surface area contributed by atoms with E-state index >= 15 is 0 Å². The fraction of sp³-hybridized carbons (Fsp3) is 0.240. The molecule has 3 rings (SSSR count). The Labute approximate surface area is 192 Å². The van der Waals surface area contributed by atoms with Gasteiger partial charge in [-0.2, -0.15) is 0 Å². The molecule has 7 heteroatoms. The van der Waals surface area contributed by atoms with E-state index in [0.717, 1.165) is 18.4 Å². The molecule has 0 aliphatic heterocycles. The van der Waals surface area contributed by atoms with Crippen LogP contribution in [0.15, 0.2) is 72.1 Å². The van der Waals surface area contributed by atoms with Crippen molar-refractivity contribution in [2.45, 2.75) is 32.2 Å². The lowest BCUT2D eigenvalue weighted by Crippen LogP contribution is -2.30. The number of hydrogen-bond acceptors (Lipinski definition) is 4. The maximum absolute atomic E-state index is 12.4. The number of hydrogen-bond donors (Lipinski definition) is 3. The fourth-order valence-corrected chi connectivity index (χ4v) is 3.87. The van der Waals surface area contributed by atoms with Crippen LogP contribution in [-0.2, 0) is 22.6 Å². The van der Waals surface area contributed by atoms with Crippen LogP contribution in [0, 0.1) is 0 Å². The van der Waals surface area contributed by atoms with Gasteiger partial charge in [-0.3, -0.25) is 14.4 Å². The van der Waals surface area contributed by atoms with Gasteiger partial charge in [0.25, 0.3) is 5.91 Å². The average molecular weight is 450 g/mol. The summed E-state index contributed by atoms with van der Waals surface area (Å²) < 4.78 is 0. The summed E-state index contributed by atoms with van der Waals surface area (Å²) in [5, 5.41) is 10.5. The molecule has 1 heterocycles. The molecule has 0 bridgehead atoms. The van der Waals surface area contributed by atoms with Gasteiger partial charge in [0.15, 0.2) is 0 Å². The molecule has 1 aromatic heterocycles. The summed E-state index contributed by atoms with van der Waals surface area (Å²) in [5.41, 5.74) is 2.04. The summed E-state index contributed by atoms with van der Waals surface area (Å²) >= 11 is 1.69. The maximum atomic E-state index is 12.4. The summed E-state index contributed by atoms with van der Waals surface area (Å²) in [4.78, 5) is 37.8. The monoisotopic (exact) mass is 449 g/mol. The van der Waals surface area contributed by atoms with Gasteiger partial charge >= 0.3 is 0 Å². The number of anilines is 1. The van der Waals surface area contributed by atoms with E-state index in [1.165, 1.54) is 4.88 Å². The largest absolute Gasteiger partial charge is 0.352 e. The van der Waals surface area contributed by atoms with Crippen LogP contribution in [-0.4, -0.2) is 24.3 Å². The molecule has 3 aromatic rings. The number of rotatable bonds is 11. The zero-order valence-corrected chi connectivity index (χ0v) is 18.6. The van der Waals surface area contributed by atoms with E-state index in [1.54, 1.807) is 35.6 Å². The SMILES string of the molecule is O=C(CCNC(=O)c1cccc(NC(=O)CCCc2cccs2)c1)NCc1ccccc1. The van der Waals surface area contributed by atoms with E-state index in [0.29, 0.717) is 24.2 Å². The first kappa shape index (κ1) is 23.2. The van der Waals surface area contributed by atoms with Crippen molar-refractivity contribution >= 4 is 34.7 Å².